The zero-order chi connectivity index (χ0) is 18.6. The molecular formula is C21H26N2O2S. The van der Waals surface area contributed by atoms with Gasteiger partial charge < -0.3 is 10.2 Å². The summed E-state index contributed by atoms with van der Waals surface area (Å²) in [6.07, 6.45) is 2.81. The summed E-state index contributed by atoms with van der Waals surface area (Å²) in [5.74, 6) is 0.165. The van der Waals surface area contributed by atoms with Crippen LogP contribution in [0.25, 0.3) is 10.4 Å². The van der Waals surface area contributed by atoms with E-state index in [0.717, 1.165) is 24.9 Å². The molecule has 2 heterocycles. The van der Waals surface area contributed by atoms with Crippen molar-refractivity contribution in [2.24, 2.45) is 5.41 Å². The Balaban J connectivity index is 1.88. The fourth-order valence-electron chi connectivity index (χ4n) is 3.91. The maximum absolute atomic E-state index is 12.8. The molecular weight excluding hydrogens is 344 g/mol. The smallest absolute Gasteiger partial charge is 0.228 e. The van der Waals surface area contributed by atoms with Gasteiger partial charge in [0.2, 0.25) is 11.8 Å². The highest BCUT2D eigenvalue weighted by Crippen LogP contribution is 2.35. The summed E-state index contributed by atoms with van der Waals surface area (Å²) in [6.45, 7) is 3.13. The van der Waals surface area contributed by atoms with Crippen molar-refractivity contribution in [2.75, 3.05) is 20.1 Å². The minimum atomic E-state index is -0.550. The molecule has 0 saturated carbocycles. The van der Waals surface area contributed by atoms with E-state index in [1.54, 1.807) is 18.4 Å². The first-order valence-corrected chi connectivity index (χ1v) is 10.1. The maximum atomic E-state index is 12.8. The second kappa shape index (κ2) is 8.04. The van der Waals surface area contributed by atoms with Crippen LogP contribution in [0.4, 0.5) is 0 Å². The number of carbonyl (C=O) groups is 2. The van der Waals surface area contributed by atoms with Gasteiger partial charge in [0.25, 0.3) is 0 Å². The molecule has 4 nitrogen and oxygen atoms in total. The Kier molecular flexibility index (Phi) is 5.77. The topological polar surface area (TPSA) is 49.4 Å². The van der Waals surface area contributed by atoms with Gasteiger partial charge in [-0.05, 0) is 41.8 Å². The first-order valence-electron chi connectivity index (χ1n) is 9.21. The fourth-order valence-corrected chi connectivity index (χ4v) is 4.64. The average molecular weight is 371 g/mol. The van der Waals surface area contributed by atoms with Gasteiger partial charge in [-0.15, -0.1) is 11.3 Å². The normalized spacial score (nSPS) is 20.0. The molecule has 0 aliphatic carbocycles. The Morgan fingerprint density at radius 3 is 2.81 bits per heavy atom. The van der Waals surface area contributed by atoms with Crippen molar-refractivity contribution < 1.29 is 9.59 Å². The van der Waals surface area contributed by atoms with Crippen LogP contribution >= 0.6 is 11.3 Å². The highest BCUT2D eigenvalue weighted by Gasteiger charge is 2.42. The third-order valence-corrected chi connectivity index (χ3v) is 6.13. The Morgan fingerprint density at radius 2 is 2.12 bits per heavy atom. The Labute approximate surface area is 159 Å². The minimum Gasteiger partial charge on any atom is -0.359 e. The molecule has 1 aliphatic rings. The van der Waals surface area contributed by atoms with E-state index in [9.17, 15) is 9.59 Å². The lowest BCUT2D eigenvalue weighted by Crippen LogP contribution is -2.53. The maximum Gasteiger partial charge on any atom is 0.228 e. The summed E-state index contributed by atoms with van der Waals surface area (Å²) >= 11 is 1.72. The van der Waals surface area contributed by atoms with Crippen LogP contribution in [0.3, 0.4) is 0 Å². The molecule has 1 atom stereocenters. The third-order valence-electron chi connectivity index (χ3n) is 5.22. The number of hydrogen-bond donors (Lipinski definition) is 1. The molecule has 1 N–H and O–H groups in total. The number of thiophene rings is 1. The van der Waals surface area contributed by atoms with Gasteiger partial charge in [-0.2, -0.15) is 0 Å². The number of likely N-dealkylation sites (tertiary alicyclic amines) is 1. The number of carbonyl (C=O) groups excluding carboxylic acids is 2. The Hall–Kier alpha value is -2.14. The average Bonchev–Trinajstić information content (AvgIpc) is 3.22. The molecule has 0 bridgehead atoms. The van der Waals surface area contributed by atoms with Crippen molar-refractivity contribution in [3.63, 3.8) is 0 Å². The van der Waals surface area contributed by atoms with E-state index in [2.05, 4.69) is 41.0 Å². The predicted octanol–water partition coefficient (Wildman–Crippen LogP) is 3.72. The summed E-state index contributed by atoms with van der Waals surface area (Å²) in [6, 6.07) is 12.6. The molecule has 0 radical (unpaired) electrons. The molecule has 3 rings (SSSR count). The van der Waals surface area contributed by atoms with Crippen LogP contribution in [0.5, 0.6) is 0 Å². The zero-order valence-electron chi connectivity index (χ0n) is 15.5. The number of nitrogens with zero attached hydrogens (tertiary/aromatic N) is 1. The van der Waals surface area contributed by atoms with Gasteiger partial charge in [0.15, 0.2) is 0 Å². The van der Waals surface area contributed by atoms with E-state index in [1.807, 2.05) is 17.9 Å². The fraction of sp³-hybridized carbons (Fsp3) is 0.429. The zero-order valence-corrected chi connectivity index (χ0v) is 16.3. The quantitative estimate of drug-likeness (QED) is 0.872. The van der Waals surface area contributed by atoms with E-state index >= 15 is 0 Å². The second-order valence-electron chi connectivity index (χ2n) is 6.99. The predicted molar refractivity (Wildman–Crippen MR) is 106 cm³/mol. The van der Waals surface area contributed by atoms with E-state index in [-0.39, 0.29) is 11.8 Å². The van der Waals surface area contributed by atoms with Crippen LogP contribution in [0.2, 0.25) is 0 Å². The van der Waals surface area contributed by atoms with E-state index in [0.29, 0.717) is 19.4 Å². The first kappa shape index (κ1) is 18.6. The molecule has 1 fully saturated rings. The van der Waals surface area contributed by atoms with Crippen LogP contribution in [0.15, 0.2) is 41.8 Å². The van der Waals surface area contributed by atoms with Crippen molar-refractivity contribution in [3.8, 4) is 10.4 Å². The van der Waals surface area contributed by atoms with Crippen molar-refractivity contribution >= 4 is 23.2 Å². The van der Waals surface area contributed by atoms with Crippen molar-refractivity contribution in [1.82, 2.24) is 10.2 Å². The minimum absolute atomic E-state index is 0.0348. The molecule has 1 aliphatic heterocycles. The largest absolute Gasteiger partial charge is 0.359 e. The summed E-state index contributed by atoms with van der Waals surface area (Å²) in [5.41, 5.74) is 1.78. The van der Waals surface area contributed by atoms with Crippen molar-refractivity contribution in [2.45, 2.75) is 32.6 Å². The monoisotopic (exact) mass is 370 g/mol. The van der Waals surface area contributed by atoms with Crippen molar-refractivity contribution in [1.29, 1.82) is 0 Å². The van der Waals surface area contributed by atoms with Crippen LogP contribution in [0, 0.1) is 5.41 Å². The number of benzene rings is 1. The van der Waals surface area contributed by atoms with Crippen LogP contribution in [0.1, 0.15) is 31.7 Å². The Bertz CT molecular complexity index is 772. The van der Waals surface area contributed by atoms with Gasteiger partial charge in [-0.1, -0.05) is 37.3 Å². The SMILES string of the molecule is CCC(=O)N1CCC[C@@](Cc2cccc(-c3cccs3)c2)(C(=O)NC)C1. The molecule has 0 unspecified atom stereocenters. The van der Waals surface area contributed by atoms with E-state index in [4.69, 9.17) is 0 Å². The summed E-state index contributed by atoms with van der Waals surface area (Å²) in [7, 11) is 1.69. The molecule has 2 aromatic rings. The van der Waals surface area contributed by atoms with E-state index in [1.165, 1.54) is 10.4 Å². The molecule has 26 heavy (non-hydrogen) atoms. The lowest BCUT2D eigenvalue weighted by Gasteiger charge is -2.41. The molecule has 5 heteroatoms. The molecule has 0 spiro atoms. The van der Waals surface area contributed by atoms with Crippen LogP contribution in [-0.4, -0.2) is 36.9 Å². The van der Waals surface area contributed by atoms with E-state index < -0.39 is 5.41 Å². The standard InChI is InChI=1S/C21H26N2O2S/c1-3-19(24)23-11-6-10-21(15-23,20(25)22-2)14-16-7-4-8-17(13-16)18-9-5-12-26-18/h4-5,7-9,12-13H,3,6,10-11,14-15H2,1-2H3,(H,22,25)/t21-/m0/s1. The lowest BCUT2D eigenvalue weighted by atomic mass is 9.74. The summed E-state index contributed by atoms with van der Waals surface area (Å²) in [4.78, 5) is 28.1. The summed E-state index contributed by atoms with van der Waals surface area (Å²) < 4.78 is 0. The van der Waals surface area contributed by atoms with Crippen molar-refractivity contribution in [3.05, 3.63) is 47.3 Å². The highest BCUT2D eigenvalue weighted by molar-refractivity contribution is 7.13. The van der Waals surface area contributed by atoms with Gasteiger partial charge >= 0.3 is 0 Å². The highest BCUT2D eigenvalue weighted by atomic mass is 32.1. The number of hydrogen-bond acceptors (Lipinski definition) is 3. The number of nitrogens with one attached hydrogen (secondary N) is 1. The molecule has 1 aromatic heterocycles. The summed E-state index contributed by atoms with van der Waals surface area (Å²) in [5, 5.41) is 4.91. The molecule has 2 amide bonds. The lowest BCUT2D eigenvalue weighted by molar-refractivity contribution is -0.141. The number of amides is 2. The number of rotatable bonds is 5. The van der Waals surface area contributed by atoms with Gasteiger partial charge in [-0.3, -0.25) is 9.59 Å². The van der Waals surface area contributed by atoms with Crippen LogP contribution < -0.4 is 5.32 Å². The first-order chi connectivity index (χ1) is 12.6. The molecule has 1 saturated heterocycles. The third kappa shape index (κ3) is 3.83. The Morgan fingerprint density at radius 1 is 1.27 bits per heavy atom. The van der Waals surface area contributed by atoms with Gasteiger partial charge in [-0.25, -0.2) is 0 Å². The van der Waals surface area contributed by atoms with Gasteiger partial charge in [0.1, 0.15) is 0 Å². The molecule has 138 valence electrons. The molecule has 1 aromatic carbocycles. The van der Waals surface area contributed by atoms with Crippen LogP contribution in [-0.2, 0) is 16.0 Å². The van der Waals surface area contributed by atoms with Gasteiger partial charge in [0, 0.05) is 31.4 Å². The number of piperidine rings is 1. The van der Waals surface area contributed by atoms with Gasteiger partial charge in [0.05, 0.1) is 5.41 Å². The second-order valence-corrected chi connectivity index (χ2v) is 7.93.